The molecule has 0 unspecified atom stereocenters. The van der Waals surface area contributed by atoms with Gasteiger partial charge in [-0.25, -0.2) is 0 Å². The lowest BCUT2D eigenvalue weighted by molar-refractivity contribution is -0.143. The number of hydrogen-bond donors (Lipinski definition) is 0. The van der Waals surface area contributed by atoms with Gasteiger partial charge in [0.2, 0.25) is 0 Å². The van der Waals surface area contributed by atoms with Gasteiger partial charge in [0.15, 0.2) is 0 Å². The summed E-state index contributed by atoms with van der Waals surface area (Å²) in [7, 11) is 0. The number of rotatable bonds is 12. The number of hydrogen-bond acceptors (Lipinski definition) is 4. The first-order valence-corrected chi connectivity index (χ1v) is 9.24. The van der Waals surface area contributed by atoms with Gasteiger partial charge in [-0.15, -0.1) is 0 Å². The van der Waals surface area contributed by atoms with Gasteiger partial charge in [0.1, 0.15) is 0 Å². The molecule has 6 heteroatoms. The first kappa shape index (κ1) is 21.5. The van der Waals surface area contributed by atoms with Gasteiger partial charge in [0.05, 0.1) is 13.0 Å². The van der Waals surface area contributed by atoms with Crippen LogP contribution in [0.3, 0.4) is 0 Å². The highest BCUT2D eigenvalue weighted by Crippen LogP contribution is 2.13. The van der Waals surface area contributed by atoms with E-state index in [1.807, 2.05) is 0 Å². The van der Waals surface area contributed by atoms with E-state index in [4.69, 9.17) is 21.1 Å². The Bertz CT molecular complexity index is 536. The van der Waals surface area contributed by atoms with Gasteiger partial charge < -0.3 is 14.4 Å². The molecule has 1 rings (SSSR count). The van der Waals surface area contributed by atoms with Crippen LogP contribution in [0, 0.1) is 0 Å². The number of halogens is 1. The Morgan fingerprint density at radius 1 is 1.12 bits per heavy atom. The molecule has 0 aliphatic carbocycles. The number of carbonyl (C=O) groups is 2. The van der Waals surface area contributed by atoms with Crippen molar-refractivity contribution >= 4 is 23.5 Å². The highest BCUT2D eigenvalue weighted by Gasteiger charge is 2.17. The van der Waals surface area contributed by atoms with Gasteiger partial charge in [0, 0.05) is 36.9 Å². The lowest BCUT2D eigenvalue weighted by Gasteiger charge is -2.22. The monoisotopic (exact) mass is 369 g/mol. The van der Waals surface area contributed by atoms with E-state index in [1.54, 1.807) is 36.1 Å². The minimum Gasteiger partial charge on any atom is -0.466 e. The Hall–Kier alpha value is -1.59. The van der Waals surface area contributed by atoms with Crippen LogP contribution in [0.4, 0.5) is 0 Å². The zero-order valence-corrected chi connectivity index (χ0v) is 15.9. The van der Waals surface area contributed by atoms with E-state index in [2.05, 4.69) is 6.92 Å². The third kappa shape index (κ3) is 8.89. The van der Waals surface area contributed by atoms with Gasteiger partial charge in [-0.1, -0.05) is 31.0 Å². The maximum absolute atomic E-state index is 12.7. The standard InChI is InChI=1S/C19H28ClNO4/c1-3-5-13-24-14-7-11-21(12-10-18(22)25-4-2)19(23)16-8-6-9-17(20)15-16/h6,8-9,15H,3-5,7,10-14H2,1-2H3. The van der Waals surface area contributed by atoms with Gasteiger partial charge >= 0.3 is 5.97 Å². The Balaban J connectivity index is 2.60. The van der Waals surface area contributed by atoms with Crippen LogP contribution in [0.1, 0.15) is 49.9 Å². The summed E-state index contributed by atoms with van der Waals surface area (Å²) in [5.74, 6) is -0.439. The van der Waals surface area contributed by atoms with Crippen molar-refractivity contribution in [3.05, 3.63) is 34.9 Å². The first-order valence-electron chi connectivity index (χ1n) is 8.86. The third-order valence-electron chi connectivity index (χ3n) is 3.61. The van der Waals surface area contributed by atoms with Gasteiger partial charge in [0.25, 0.3) is 5.91 Å². The topological polar surface area (TPSA) is 55.8 Å². The van der Waals surface area contributed by atoms with E-state index in [-0.39, 0.29) is 18.3 Å². The molecule has 0 saturated heterocycles. The molecule has 0 saturated carbocycles. The molecular weight excluding hydrogens is 342 g/mol. The minimum absolute atomic E-state index is 0.139. The summed E-state index contributed by atoms with van der Waals surface area (Å²) in [6, 6.07) is 6.83. The molecule has 1 amide bonds. The molecule has 0 N–H and O–H groups in total. The van der Waals surface area contributed by atoms with Crippen molar-refractivity contribution in [3.8, 4) is 0 Å². The summed E-state index contributed by atoms with van der Waals surface area (Å²) in [6.07, 6.45) is 3.03. The number of nitrogens with zero attached hydrogens (tertiary/aromatic N) is 1. The molecule has 25 heavy (non-hydrogen) atoms. The van der Waals surface area contributed by atoms with Crippen molar-refractivity contribution in [2.75, 3.05) is 32.9 Å². The summed E-state index contributed by atoms with van der Waals surface area (Å²) < 4.78 is 10.5. The average molecular weight is 370 g/mol. The molecule has 0 atom stereocenters. The van der Waals surface area contributed by atoms with Crippen LogP contribution in [-0.2, 0) is 14.3 Å². The van der Waals surface area contributed by atoms with Gasteiger partial charge in [-0.05, 0) is 38.0 Å². The molecule has 0 aliphatic heterocycles. The maximum atomic E-state index is 12.7. The van der Waals surface area contributed by atoms with E-state index in [0.29, 0.717) is 36.9 Å². The first-order chi connectivity index (χ1) is 12.1. The number of carbonyl (C=O) groups excluding carboxylic acids is 2. The second-order valence-electron chi connectivity index (χ2n) is 5.68. The summed E-state index contributed by atoms with van der Waals surface area (Å²) in [5.41, 5.74) is 0.517. The molecule has 0 bridgehead atoms. The van der Waals surface area contributed by atoms with E-state index < -0.39 is 0 Å². The van der Waals surface area contributed by atoms with Gasteiger partial charge in [-0.2, -0.15) is 0 Å². The summed E-state index contributed by atoms with van der Waals surface area (Å²) >= 11 is 5.97. The smallest absolute Gasteiger partial charge is 0.307 e. The summed E-state index contributed by atoms with van der Waals surface area (Å²) in [5, 5.41) is 0.513. The van der Waals surface area contributed by atoms with Gasteiger partial charge in [-0.3, -0.25) is 9.59 Å². The second-order valence-corrected chi connectivity index (χ2v) is 6.11. The Morgan fingerprint density at radius 2 is 1.88 bits per heavy atom. The van der Waals surface area contributed by atoms with Crippen LogP contribution < -0.4 is 0 Å². The van der Waals surface area contributed by atoms with Crippen molar-refractivity contribution in [2.24, 2.45) is 0 Å². The second kappa shape index (κ2) is 12.7. The predicted molar refractivity (Wildman–Crippen MR) is 98.9 cm³/mol. The van der Waals surface area contributed by atoms with Crippen LogP contribution in [0.5, 0.6) is 0 Å². The number of amides is 1. The molecule has 0 heterocycles. The zero-order valence-electron chi connectivity index (χ0n) is 15.1. The molecule has 0 radical (unpaired) electrons. The Labute approximate surface area is 155 Å². The van der Waals surface area contributed by atoms with Crippen molar-refractivity contribution in [3.63, 3.8) is 0 Å². The van der Waals surface area contributed by atoms with E-state index >= 15 is 0 Å². The Morgan fingerprint density at radius 3 is 2.56 bits per heavy atom. The highest BCUT2D eigenvalue weighted by molar-refractivity contribution is 6.30. The fourth-order valence-corrected chi connectivity index (χ4v) is 2.47. The normalized spacial score (nSPS) is 10.5. The van der Waals surface area contributed by atoms with E-state index in [0.717, 1.165) is 25.9 Å². The molecule has 1 aromatic rings. The van der Waals surface area contributed by atoms with Crippen molar-refractivity contribution in [2.45, 2.75) is 39.5 Å². The largest absolute Gasteiger partial charge is 0.466 e. The molecule has 1 aromatic carbocycles. The van der Waals surface area contributed by atoms with Crippen molar-refractivity contribution < 1.29 is 19.1 Å². The van der Waals surface area contributed by atoms with Crippen LogP contribution in [-0.4, -0.2) is 49.7 Å². The minimum atomic E-state index is -0.300. The molecule has 0 aliphatic rings. The third-order valence-corrected chi connectivity index (χ3v) is 3.84. The summed E-state index contributed by atoms with van der Waals surface area (Å²) in [6.45, 7) is 6.40. The van der Waals surface area contributed by atoms with Crippen LogP contribution in [0.25, 0.3) is 0 Å². The predicted octanol–water partition coefficient (Wildman–Crippen LogP) is 3.94. The molecule has 140 valence electrons. The zero-order chi connectivity index (χ0) is 18.5. The number of esters is 1. The molecule has 0 spiro atoms. The highest BCUT2D eigenvalue weighted by atomic mass is 35.5. The van der Waals surface area contributed by atoms with E-state index in [9.17, 15) is 9.59 Å². The lowest BCUT2D eigenvalue weighted by Crippen LogP contribution is -2.34. The van der Waals surface area contributed by atoms with Crippen molar-refractivity contribution in [1.82, 2.24) is 4.90 Å². The van der Waals surface area contributed by atoms with Crippen LogP contribution >= 0.6 is 11.6 Å². The SMILES string of the molecule is CCCCOCCCN(CCC(=O)OCC)C(=O)c1cccc(Cl)c1. The van der Waals surface area contributed by atoms with Crippen LogP contribution in [0.15, 0.2) is 24.3 Å². The number of unbranched alkanes of at least 4 members (excludes halogenated alkanes) is 1. The molecule has 0 aromatic heterocycles. The molecular formula is C19H28ClNO4. The fourth-order valence-electron chi connectivity index (χ4n) is 2.28. The lowest BCUT2D eigenvalue weighted by atomic mass is 10.2. The fraction of sp³-hybridized carbons (Fsp3) is 0.579. The van der Waals surface area contributed by atoms with Crippen LogP contribution in [0.2, 0.25) is 5.02 Å². The number of benzene rings is 1. The van der Waals surface area contributed by atoms with Crippen molar-refractivity contribution in [1.29, 1.82) is 0 Å². The average Bonchev–Trinajstić information content (AvgIpc) is 2.60. The quantitative estimate of drug-likeness (QED) is 0.413. The number of ether oxygens (including phenoxy) is 2. The Kier molecular flexibility index (Phi) is 10.9. The molecule has 5 nitrogen and oxygen atoms in total. The van der Waals surface area contributed by atoms with E-state index in [1.165, 1.54) is 0 Å². The summed E-state index contributed by atoms with van der Waals surface area (Å²) in [4.78, 5) is 26.0. The molecule has 0 fully saturated rings. The maximum Gasteiger partial charge on any atom is 0.307 e.